The molecule has 1 unspecified atom stereocenters. The molecule has 0 saturated carbocycles. The third-order valence-corrected chi connectivity index (χ3v) is 7.65. The Morgan fingerprint density at radius 1 is 0.921 bits per heavy atom. The molecule has 2 aromatic carbocycles. The Hall–Kier alpha value is -4.12. The largest absolute Gasteiger partial charge is 0.494 e. The van der Waals surface area contributed by atoms with Gasteiger partial charge in [-0.2, -0.15) is 5.10 Å². The van der Waals surface area contributed by atoms with Crippen molar-refractivity contribution in [2.24, 2.45) is 0 Å². The van der Waals surface area contributed by atoms with Gasteiger partial charge in [-0.3, -0.25) is 0 Å². The number of ether oxygens (including phenoxy) is 1. The first-order valence-electron chi connectivity index (χ1n) is 13.3. The van der Waals surface area contributed by atoms with E-state index in [9.17, 15) is 0 Å². The first-order valence-corrected chi connectivity index (χ1v) is 13.3. The lowest BCUT2D eigenvalue weighted by atomic mass is 9.79. The summed E-state index contributed by atoms with van der Waals surface area (Å²) >= 11 is 0. The Morgan fingerprint density at radius 2 is 1.66 bits per heavy atom. The normalized spacial score (nSPS) is 17.7. The van der Waals surface area contributed by atoms with Crippen molar-refractivity contribution in [3.05, 3.63) is 114 Å². The fraction of sp³-hybridized carbons (Fsp3) is 0.273. The van der Waals surface area contributed by atoms with Crippen molar-refractivity contribution in [2.75, 3.05) is 24.6 Å². The lowest BCUT2D eigenvalue weighted by Gasteiger charge is -2.27. The second-order valence-corrected chi connectivity index (χ2v) is 9.97. The minimum Gasteiger partial charge on any atom is -0.494 e. The average Bonchev–Trinajstić information content (AvgIpc) is 3.48. The monoisotopic (exact) mass is 504 g/mol. The summed E-state index contributed by atoms with van der Waals surface area (Å²) in [6.45, 7) is 14.6. The maximum Gasteiger partial charge on any atom is 0.161 e. The zero-order valence-electron chi connectivity index (χ0n) is 22.8. The van der Waals surface area contributed by atoms with E-state index in [1.807, 2.05) is 25.1 Å². The summed E-state index contributed by atoms with van der Waals surface area (Å²) in [6.07, 6.45) is 11.3. The number of anilines is 1. The topological polar surface area (TPSA) is 43.2 Å². The van der Waals surface area contributed by atoms with Gasteiger partial charge in [0.05, 0.1) is 12.3 Å². The molecule has 4 aromatic rings. The summed E-state index contributed by atoms with van der Waals surface area (Å²) < 4.78 is 7.99. The summed E-state index contributed by atoms with van der Waals surface area (Å²) in [5.74, 6) is 1.84. The van der Waals surface area contributed by atoms with Gasteiger partial charge in [0.1, 0.15) is 5.75 Å². The molecule has 1 fully saturated rings. The lowest BCUT2D eigenvalue weighted by molar-refractivity contribution is 0.340. The predicted octanol–water partition coefficient (Wildman–Crippen LogP) is 7.19. The van der Waals surface area contributed by atoms with Gasteiger partial charge in [-0.05, 0) is 63.9 Å². The van der Waals surface area contributed by atoms with Crippen molar-refractivity contribution in [1.29, 1.82) is 0 Å². The van der Waals surface area contributed by atoms with Crippen LogP contribution in [0.1, 0.15) is 36.0 Å². The van der Waals surface area contributed by atoms with E-state index < -0.39 is 0 Å². The molecule has 1 saturated heterocycles. The Bertz CT molecular complexity index is 1500. The Balaban J connectivity index is 1.59. The van der Waals surface area contributed by atoms with E-state index in [0.29, 0.717) is 6.61 Å². The van der Waals surface area contributed by atoms with Crippen LogP contribution in [0.5, 0.6) is 5.75 Å². The van der Waals surface area contributed by atoms with Gasteiger partial charge in [0, 0.05) is 46.4 Å². The van der Waals surface area contributed by atoms with Gasteiger partial charge in [-0.15, -0.1) is 5.10 Å². The second kappa shape index (κ2) is 10.7. The molecule has 38 heavy (non-hydrogen) atoms. The van der Waals surface area contributed by atoms with Gasteiger partial charge in [-0.1, -0.05) is 67.3 Å². The van der Waals surface area contributed by atoms with Crippen LogP contribution in [0.2, 0.25) is 0 Å². The van der Waals surface area contributed by atoms with Gasteiger partial charge in [-0.25, -0.2) is 0 Å². The SMILES string of the molecule is C=C/C=C\C=C\C1(c2ccccc2)CCN(c2nnc(C)c3c(C)n(-c4ccc(OCC)cc4)c(C)c23)C1. The van der Waals surface area contributed by atoms with E-state index in [1.165, 1.54) is 27.7 Å². The van der Waals surface area contributed by atoms with Gasteiger partial charge >= 0.3 is 0 Å². The van der Waals surface area contributed by atoms with Crippen LogP contribution in [0.15, 0.2) is 91.6 Å². The highest BCUT2D eigenvalue weighted by Gasteiger charge is 2.39. The quantitative estimate of drug-likeness (QED) is 0.238. The van der Waals surface area contributed by atoms with Gasteiger partial charge < -0.3 is 14.2 Å². The molecule has 194 valence electrons. The molecule has 3 heterocycles. The summed E-state index contributed by atoms with van der Waals surface area (Å²) in [5.41, 5.74) is 5.64. The Morgan fingerprint density at radius 3 is 2.37 bits per heavy atom. The fourth-order valence-electron chi connectivity index (χ4n) is 5.88. The Labute approximate surface area is 225 Å². The van der Waals surface area contributed by atoms with Gasteiger partial charge in [0.2, 0.25) is 0 Å². The van der Waals surface area contributed by atoms with Crippen molar-refractivity contribution in [1.82, 2.24) is 14.8 Å². The maximum absolute atomic E-state index is 5.67. The highest BCUT2D eigenvalue weighted by Crippen LogP contribution is 2.42. The van der Waals surface area contributed by atoms with Crippen LogP contribution < -0.4 is 9.64 Å². The summed E-state index contributed by atoms with van der Waals surface area (Å²) in [7, 11) is 0. The van der Waals surface area contributed by atoms with E-state index in [4.69, 9.17) is 9.84 Å². The van der Waals surface area contributed by atoms with Gasteiger partial charge in [0.25, 0.3) is 0 Å². The highest BCUT2D eigenvalue weighted by molar-refractivity contribution is 5.99. The van der Waals surface area contributed by atoms with E-state index in [2.05, 4.69) is 103 Å². The lowest BCUT2D eigenvalue weighted by Crippen LogP contribution is -2.30. The number of hydrogen-bond acceptors (Lipinski definition) is 4. The molecule has 0 spiro atoms. The molecule has 1 aliphatic rings. The molecule has 2 aromatic heterocycles. The minimum atomic E-state index is -0.105. The molecule has 5 heteroatoms. The molecule has 5 nitrogen and oxygen atoms in total. The van der Waals surface area contributed by atoms with Crippen LogP contribution in [0.25, 0.3) is 16.5 Å². The molecule has 5 rings (SSSR count). The fourth-order valence-corrected chi connectivity index (χ4v) is 5.88. The van der Waals surface area contributed by atoms with Crippen LogP contribution in [0.3, 0.4) is 0 Å². The minimum absolute atomic E-state index is 0.105. The van der Waals surface area contributed by atoms with Crippen molar-refractivity contribution in [3.63, 3.8) is 0 Å². The summed E-state index contributed by atoms with van der Waals surface area (Å²) in [4.78, 5) is 2.41. The first kappa shape index (κ1) is 25.5. The van der Waals surface area contributed by atoms with Crippen molar-refractivity contribution < 1.29 is 4.74 Å². The standard InChI is InChI=1S/C33H36N4O/c1-6-8-9-13-20-33(27-14-11-10-12-15-27)21-22-36(23-33)32-31-26(5)37(25(4)30(31)24(3)34-35-32)28-16-18-29(19-17-28)38-7-2/h6,8-20H,1,7,21-23H2,2-5H3/b9-8-,20-13+. The van der Waals surface area contributed by atoms with E-state index in [1.54, 1.807) is 6.08 Å². The molecule has 0 bridgehead atoms. The summed E-state index contributed by atoms with van der Waals surface area (Å²) in [6, 6.07) is 19.1. The van der Waals surface area contributed by atoms with Crippen LogP contribution in [-0.2, 0) is 5.41 Å². The molecule has 0 radical (unpaired) electrons. The van der Waals surface area contributed by atoms with Crippen molar-refractivity contribution >= 4 is 16.6 Å². The number of aromatic nitrogens is 3. The van der Waals surface area contributed by atoms with Crippen LogP contribution in [0.4, 0.5) is 5.82 Å². The first-order chi connectivity index (χ1) is 18.5. The third-order valence-electron chi connectivity index (χ3n) is 7.65. The molecule has 0 aliphatic carbocycles. The zero-order valence-corrected chi connectivity index (χ0v) is 22.8. The summed E-state index contributed by atoms with van der Waals surface area (Å²) in [5, 5.41) is 11.8. The zero-order chi connectivity index (χ0) is 26.7. The van der Waals surface area contributed by atoms with Crippen molar-refractivity contribution in [2.45, 2.75) is 39.5 Å². The Kier molecular flexibility index (Phi) is 7.19. The molecule has 1 atom stereocenters. The number of hydrogen-bond donors (Lipinski definition) is 0. The average molecular weight is 505 g/mol. The predicted molar refractivity (Wildman–Crippen MR) is 158 cm³/mol. The third kappa shape index (κ3) is 4.53. The van der Waals surface area contributed by atoms with Crippen LogP contribution >= 0.6 is 0 Å². The van der Waals surface area contributed by atoms with Crippen LogP contribution in [0, 0.1) is 20.8 Å². The molecular weight excluding hydrogens is 468 g/mol. The van der Waals surface area contributed by atoms with E-state index in [0.717, 1.165) is 42.5 Å². The van der Waals surface area contributed by atoms with Crippen LogP contribution in [-0.4, -0.2) is 34.5 Å². The maximum atomic E-state index is 5.67. The number of rotatable bonds is 8. The number of fused-ring (bicyclic) bond motifs is 1. The number of benzene rings is 2. The second-order valence-electron chi connectivity index (χ2n) is 9.97. The number of nitrogens with zero attached hydrogens (tertiary/aromatic N) is 4. The molecule has 1 aliphatic heterocycles. The molecule has 0 N–H and O–H groups in total. The smallest absolute Gasteiger partial charge is 0.161 e. The highest BCUT2D eigenvalue weighted by atomic mass is 16.5. The number of allylic oxidation sites excluding steroid dienone is 4. The van der Waals surface area contributed by atoms with Gasteiger partial charge in [0.15, 0.2) is 5.82 Å². The number of aryl methyl sites for hydroxylation is 3. The molecule has 0 amide bonds. The van der Waals surface area contributed by atoms with E-state index in [-0.39, 0.29) is 5.41 Å². The molecular formula is C33H36N4O. The van der Waals surface area contributed by atoms with E-state index >= 15 is 0 Å². The van der Waals surface area contributed by atoms with Crippen molar-refractivity contribution in [3.8, 4) is 11.4 Å².